The SMILES string of the molecule is CNc1cn2cc(-c3cnc(N)c(OCCOC)n3)ccc2n1. The first kappa shape index (κ1) is 15.0. The van der Waals surface area contributed by atoms with Crippen LogP contribution in [0.2, 0.25) is 0 Å². The van der Waals surface area contributed by atoms with Crippen LogP contribution >= 0.6 is 0 Å². The second kappa shape index (κ2) is 6.49. The van der Waals surface area contributed by atoms with Gasteiger partial charge in [0.05, 0.1) is 24.7 Å². The summed E-state index contributed by atoms with van der Waals surface area (Å²) in [6, 6.07) is 3.85. The van der Waals surface area contributed by atoms with Crippen LogP contribution in [0.15, 0.2) is 30.7 Å². The van der Waals surface area contributed by atoms with E-state index in [9.17, 15) is 0 Å². The van der Waals surface area contributed by atoms with Gasteiger partial charge in [0.15, 0.2) is 5.82 Å². The zero-order chi connectivity index (χ0) is 16.2. The van der Waals surface area contributed by atoms with E-state index in [4.69, 9.17) is 15.2 Å². The van der Waals surface area contributed by atoms with Crippen LogP contribution in [0.3, 0.4) is 0 Å². The molecule has 0 aromatic carbocycles. The standard InChI is InChI=1S/C15H18N6O2/c1-17-12-9-21-8-10(3-4-13(21)20-12)11-7-18-14(16)15(19-11)23-6-5-22-2/h3-4,7-9,17H,5-6H2,1-2H3,(H2,16,18). The highest BCUT2D eigenvalue weighted by molar-refractivity contribution is 5.63. The fourth-order valence-electron chi connectivity index (χ4n) is 2.11. The summed E-state index contributed by atoms with van der Waals surface area (Å²) in [6.45, 7) is 0.823. The number of nitrogens with one attached hydrogen (secondary N) is 1. The lowest BCUT2D eigenvalue weighted by Gasteiger charge is -2.08. The van der Waals surface area contributed by atoms with Crippen molar-refractivity contribution in [3.05, 3.63) is 30.7 Å². The van der Waals surface area contributed by atoms with Gasteiger partial charge in [-0.3, -0.25) is 0 Å². The lowest BCUT2D eigenvalue weighted by atomic mass is 10.2. The van der Waals surface area contributed by atoms with E-state index < -0.39 is 0 Å². The predicted molar refractivity (Wildman–Crippen MR) is 87.5 cm³/mol. The molecule has 3 rings (SSSR count). The van der Waals surface area contributed by atoms with Crippen molar-refractivity contribution in [1.82, 2.24) is 19.4 Å². The number of rotatable bonds is 6. The topological polar surface area (TPSA) is 99.6 Å². The van der Waals surface area contributed by atoms with Gasteiger partial charge in [-0.2, -0.15) is 0 Å². The molecule has 0 radical (unpaired) electrons. The fraction of sp³-hybridized carbons (Fsp3) is 0.267. The highest BCUT2D eigenvalue weighted by Gasteiger charge is 2.09. The number of aromatic nitrogens is 4. The summed E-state index contributed by atoms with van der Waals surface area (Å²) < 4.78 is 12.4. The number of nitrogen functional groups attached to an aromatic ring is 1. The van der Waals surface area contributed by atoms with Crippen LogP contribution < -0.4 is 15.8 Å². The summed E-state index contributed by atoms with van der Waals surface area (Å²) in [4.78, 5) is 13.0. The molecule has 3 aromatic heterocycles. The van der Waals surface area contributed by atoms with Crippen molar-refractivity contribution in [2.45, 2.75) is 0 Å². The summed E-state index contributed by atoms with van der Waals surface area (Å²) in [7, 11) is 3.44. The lowest BCUT2D eigenvalue weighted by Crippen LogP contribution is -2.08. The third-order valence-corrected chi connectivity index (χ3v) is 3.30. The third-order valence-electron chi connectivity index (χ3n) is 3.30. The zero-order valence-electron chi connectivity index (χ0n) is 13.0. The Hall–Kier alpha value is -2.87. The number of nitrogens with zero attached hydrogens (tertiary/aromatic N) is 4. The summed E-state index contributed by atoms with van der Waals surface area (Å²) in [5, 5.41) is 3.01. The molecule has 0 aliphatic rings. The Morgan fingerprint density at radius 3 is 2.87 bits per heavy atom. The molecule has 0 spiro atoms. The van der Waals surface area contributed by atoms with E-state index in [1.807, 2.05) is 36.0 Å². The average Bonchev–Trinajstić information content (AvgIpc) is 2.99. The zero-order valence-corrected chi connectivity index (χ0v) is 13.0. The molecule has 0 atom stereocenters. The number of methoxy groups -OCH3 is 1. The van der Waals surface area contributed by atoms with Gasteiger partial charge in [-0.15, -0.1) is 0 Å². The van der Waals surface area contributed by atoms with Crippen LogP contribution in [0.4, 0.5) is 11.6 Å². The Morgan fingerprint density at radius 2 is 2.09 bits per heavy atom. The minimum atomic E-state index is 0.256. The molecule has 3 heterocycles. The van der Waals surface area contributed by atoms with Crippen molar-refractivity contribution in [3.8, 4) is 17.1 Å². The van der Waals surface area contributed by atoms with E-state index in [0.717, 1.165) is 17.0 Å². The molecule has 0 unspecified atom stereocenters. The fourth-order valence-corrected chi connectivity index (χ4v) is 2.11. The van der Waals surface area contributed by atoms with E-state index >= 15 is 0 Å². The Kier molecular flexibility index (Phi) is 4.24. The molecule has 8 nitrogen and oxygen atoms in total. The van der Waals surface area contributed by atoms with Crippen LogP contribution in [0, 0.1) is 0 Å². The van der Waals surface area contributed by atoms with Crippen molar-refractivity contribution in [2.24, 2.45) is 0 Å². The van der Waals surface area contributed by atoms with Crippen molar-refractivity contribution >= 4 is 17.3 Å². The Labute approximate surface area is 133 Å². The number of ether oxygens (including phenoxy) is 2. The van der Waals surface area contributed by atoms with Crippen LogP contribution in [-0.2, 0) is 4.74 Å². The third kappa shape index (κ3) is 3.16. The van der Waals surface area contributed by atoms with Crippen LogP contribution in [0.5, 0.6) is 5.88 Å². The second-order valence-electron chi connectivity index (χ2n) is 4.85. The molecule has 8 heteroatoms. The van der Waals surface area contributed by atoms with Crippen molar-refractivity contribution in [3.63, 3.8) is 0 Å². The van der Waals surface area contributed by atoms with Crippen molar-refractivity contribution < 1.29 is 9.47 Å². The average molecular weight is 314 g/mol. The van der Waals surface area contributed by atoms with Gasteiger partial charge < -0.3 is 24.9 Å². The van der Waals surface area contributed by atoms with Crippen molar-refractivity contribution in [1.29, 1.82) is 0 Å². The van der Waals surface area contributed by atoms with E-state index in [1.54, 1.807) is 13.3 Å². The van der Waals surface area contributed by atoms with Gasteiger partial charge in [-0.25, -0.2) is 15.0 Å². The summed E-state index contributed by atoms with van der Waals surface area (Å²) >= 11 is 0. The number of anilines is 2. The smallest absolute Gasteiger partial charge is 0.257 e. The van der Waals surface area contributed by atoms with Gasteiger partial charge in [0.1, 0.15) is 18.1 Å². The molecule has 3 aromatic rings. The minimum Gasteiger partial charge on any atom is -0.473 e. The van der Waals surface area contributed by atoms with Crippen LogP contribution in [0.25, 0.3) is 16.9 Å². The Bertz CT molecular complexity index is 817. The summed E-state index contributed by atoms with van der Waals surface area (Å²) in [5.74, 6) is 1.36. The Morgan fingerprint density at radius 1 is 1.22 bits per heavy atom. The highest BCUT2D eigenvalue weighted by atomic mass is 16.5. The largest absolute Gasteiger partial charge is 0.473 e. The molecule has 23 heavy (non-hydrogen) atoms. The number of nitrogens with two attached hydrogens (primary N) is 1. The number of imidazole rings is 1. The molecular formula is C15H18N6O2. The predicted octanol–water partition coefficient (Wildman–Crippen LogP) is 1.44. The summed E-state index contributed by atoms with van der Waals surface area (Å²) in [5.41, 5.74) is 8.21. The first-order valence-electron chi connectivity index (χ1n) is 7.12. The maximum absolute atomic E-state index is 5.80. The number of pyridine rings is 1. The monoisotopic (exact) mass is 314 g/mol. The van der Waals surface area contributed by atoms with E-state index in [0.29, 0.717) is 24.8 Å². The van der Waals surface area contributed by atoms with E-state index in [-0.39, 0.29) is 5.82 Å². The maximum atomic E-state index is 5.80. The van der Waals surface area contributed by atoms with Crippen LogP contribution in [-0.4, -0.2) is 46.7 Å². The van der Waals surface area contributed by atoms with Gasteiger partial charge in [-0.05, 0) is 12.1 Å². The molecule has 0 aliphatic heterocycles. The van der Waals surface area contributed by atoms with Gasteiger partial charge in [0, 0.05) is 25.9 Å². The van der Waals surface area contributed by atoms with Gasteiger partial charge in [-0.1, -0.05) is 0 Å². The first-order chi connectivity index (χ1) is 11.2. The number of fused-ring (bicyclic) bond motifs is 1. The number of hydrogen-bond donors (Lipinski definition) is 2. The molecule has 120 valence electrons. The van der Waals surface area contributed by atoms with Crippen LogP contribution in [0.1, 0.15) is 0 Å². The normalized spacial score (nSPS) is 10.9. The molecule has 0 saturated heterocycles. The van der Waals surface area contributed by atoms with Gasteiger partial charge >= 0.3 is 0 Å². The minimum absolute atomic E-state index is 0.256. The van der Waals surface area contributed by atoms with Crippen molar-refractivity contribution in [2.75, 3.05) is 38.4 Å². The molecular weight excluding hydrogens is 296 g/mol. The maximum Gasteiger partial charge on any atom is 0.257 e. The lowest BCUT2D eigenvalue weighted by molar-refractivity contribution is 0.144. The van der Waals surface area contributed by atoms with E-state index in [1.165, 1.54) is 0 Å². The molecule has 0 fully saturated rings. The van der Waals surface area contributed by atoms with Gasteiger partial charge in [0.2, 0.25) is 0 Å². The summed E-state index contributed by atoms with van der Waals surface area (Å²) in [6.07, 6.45) is 5.46. The number of hydrogen-bond acceptors (Lipinski definition) is 7. The second-order valence-corrected chi connectivity index (χ2v) is 4.85. The quantitative estimate of drug-likeness (QED) is 0.664. The first-order valence-corrected chi connectivity index (χ1v) is 7.12. The van der Waals surface area contributed by atoms with Gasteiger partial charge in [0.25, 0.3) is 5.88 Å². The molecule has 0 saturated carbocycles. The van der Waals surface area contributed by atoms with E-state index in [2.05, 4.69) is 20.3 Å². The molecule has 3 N–H and O–H groups in total. The molecule has 0 bridgehead atoms. The molecule has 0 amide bonds. The highest BCUT2D eigenvalue weighted by Crippen LogP contribution is 2.23. The Balaban J connectivity index is 1.92. The molecule has 0 aliphatic carbocycles.